The molecule has 18 heavy (non-hydrogen) atoms. The van der Waals surface area contributed by atoms with Crippen molar-refractivity contribution in [2.45, 2.75) is 20.0 Å². The van der Waals surface area contributed by atoms with E-state index < -0.39 is 0 Å². The van der Waals surface area contributed by atoms with Crippen LogP contribution < -0.4 is 4.74 Å². The van der Waals surface area contributed by atoms with Crippen LogP contribution in [0.4, 0.5) is 0 Å². The van der Waals surface area contributed by atoms with E-state index in [0.717, 1.165) is 4.47 Å². The van der Waals surface area contributed by atoms with Crippen LogP contribution in [0.25, 0.3) is 0 Å². The van der Waals surface area contributed by atoms with Crippen molar-refractivity contribution in [2.75, 3.05) is 0 Å². The number of carbonyl (C=O) groups excluding carboxylic acids is 1. The maximum absolute atomic E-state index is 12.4. The number of ketones is 1. The Hall–Kier alpha value is -1.13. The highest BCUT2D eigenvalue weighted by Crippen LogP contribution is 2.27. The van der Waals surface area contributed by atoms with Crippen LogP contribution in [0.5, 0.6) is 5.75 Å². The Morgan fingerprint density at radius 1 is 1.33 bits per heavy atom. The Kier molecular flexibility index (Phi) is 4.19. The third-order valence-electron chi connectivity index (χ3n) is 2.29. The van der Waals surface area contributed by atoms with Crippen LogP contribution in [-0.2, 0) is 0 Å². The van der Waals surface area contributed by atoms with E-state index in [2.05, 4.69) is 15.9 Å². The van der Waals surface area contributed by atoms with Gasteiger partial charge in [-0.15, -0.1) is 11.3 Å². The Bertz CT molecular complexity index is 560. The molecule has 2 nitrogen and oxygen atoms in total. The summed E-state index contributed by atoms with van der Waals surface area (Å²) in [5.74, 6) is 0.643. The molecule has 0 fully saturated rings. The molecule has 2 rings (SSSR count). The van der Waals surface area contributed by atoms with Crippen LogP contribution in [0.1, 0.15) is 29.1 Å². The smallest absolute Gasteiger partial charge is 0.206 e. The second-order valence-electron chi connectivity index (χ2n) is 4.12. The molecule has 94 valence electrons. The van der Waals surface area contributed by atoms with Crippen molar-refractivity contribution in [1.82, 2.24) is 0 Å². The SMILES string of the molecule is CC(C)Oc1ccccc1C(=O)c1cc(Br)cs1. The molecule has 0 saturated heterocycles. The fourth-order valence-electron chi connectivity index (χ4n) is 1.58. The molecule has 0 unspecified atom stereocenters. The molecule has 0 spiro atoms. The molecule has 2 aromatic rings. The van der Waals surface area contributed by atoms with Crippen molar-refractivity contribution < 1.29 is 9.53 Å². The van der Waals surface area contributed by atoms with Gasteiger partial charge in [0, 0.05) is 9.85 Å². The van der Waals surface area contributed by atoms with Gasteiger partial charge in [0.25, 0.3) is 0 Å². The van der Waals surface area contributed by atoms with Gasteiger partial charge in [-0.3, -0.25) is 4.79 Å². The van der Waals surface area contributed by atoms with Crippen molar-refractivity contribution in [3.05, 3.63) is 50.6 Å². The molecular formula is C14H13BrO2S. The van der Waals surface area contributed by atoms with Gasteiger partial charge in [0.2, 0.25) is 5.78 Å². The first-order valence-electron chi connectivity index (χ1n) is 5.62. The zero-order valence-corrected chi connectivity index (χ0v) is 12.5. The van der Waals surface area contributed by atoms with Gasteiger partial charge < -0.3 is 4.74 Å². The van der Waals surface area contributed by atoms with E-state index in [4.69, 9.17) is 4.74 Å². The minimum Gasteiger partial charge on any atom is -0.490 e. The largest absolute Gasteiger partial charge is 0.490 e. The summed E-state index contributed by atoms with van der Waals surface area (Å²) >= 11 is 4.79. The second kappa shape index (κ2) is 5.67. The first-order chi connectivity index (χ1) is 8.58. The number of hydrogen-bond acceptors (Lipinski definition) is 3. The van der Waals surface area contributed by atoms with Crippen LogP contribution in [0.3, 0.4) is 0 Å². The van der Waals surface area contributed by atoms with Crippen LogP contribution >= 0.6 is 27.3 Å². The van der Waals surface area contributed by atoms with Gasteiger partial charge in [0.1, 0.15) is 5.75 Å². The van der Waals surface area contributed by atoms with E-state index in [1.807, 2.05) is 43.5 Å². The topological polar surface area (TPSA) is 26.3 Å². The molecular weight excluding hydrogens is 312 g/mol. The molecule has 0 amide bonds. The molecule has 0 atom stereocenters. The molecule has 0 aliphatic heterocycles. The summed E-state index contributed by atoms with van der Waals surface area (Å²) in [5.41, 5.74) is 0.612. The summed E-state index contributed by atoms with van der Waals surface area (Å²) in [6.45, 7) is 3.89. The van der Waals surface area contributed by atoms with E-state index in [0.29, 0.717) is 16.2 Å². The van der Waals surface area contributed by atoms with Crippen molar-refractivity contribution >= 4 is 33.0 Å². The monoisotopic (exact) mass is 324 g/mol. The first kappa shape index (κ1) is 13.3. The Balaban J connectivity index is 2.35. The minimum absolute atomic E-state index is 0.00181. The molecule has 0 bridgehead atoms. The maximum Gasteiger partial charge on any atom is 0.206 e. The molecule has 0 N–H and O–H groups in total. The number of ether oxygens (including phenoxy) is 1. The van der Waals surface area contributed by atoms with E-state index in [1.165, 1.54) is 11.3 Å². The lowest BCUT2D eigenvalue weighted by atomic mass is 10.1. The number of carbonyl (C=O) groups is 1. The molecule has 1 aromatic carbocycles. The number of hydrogen-bond donors (Lipinski definition) is 0. The van der Waals surface area contributed by atoms with Gasteiger partial charge in [-0.1, -0.05) is 12.1 Å². The first-order valence-corrected chi connectivity index (χ1v) is 7.29. The number of para-hydroxylation sites is 1. The lowest BCUT2D eigenvalue weighted by Gasteiger charge is -2.12. The van der Waals surface area contributed by atoms with Crippen LogP contribution in [0, 0.1) is 0 Å². The zero-order chi connectivity index (χ0) is 13.1. The van der Waals surface area contributed by atoms with Gasteiger partial charge >= 0.3 is 0 Å². The van der Waals surface area contributed by atoms with Gasteiger partial charge in [0.15, 0.2) is 0 Å². The summed E-state index contributed by atoms with van der Waals surface area (Å²) in [5, 5.41) is 1.90. The summed E-state index contributed by atoms with van der Waals surface area (Å²) < 4.78 is 6.60. The third kappa shape index (κ3) is 3.00. The zero-order valence-electron chi connectivity index (χ0n) is 10.1. The molecule has 1 aromatic heterocycles. The number of halogens is 1. The lowest BCUT2D eigenvalue weighted by molar-refractivity contribution is 0.103. The molecule has 1 heterocycles. The summed E-state index contributed by atoms with van der Waals surface area (Å²) in [7, 11) is 0. The molecule has 0 aliphatic rings. The average molecular weight is 325 g/mol. The molecule has 4 heteroatoms. The van der Waals surface area contributed by atoms with Crippen LogP contribution in [-0.4, -0.2) is 11.9 Å². The van der Waals surface area contributed by atoms with E-state index >= 15 is 0 Å². The molecule has 0 saturated carbocycles. The fraction of sp³-hybridized carbons (Fsp3) is 0.214. The number of rotatable bonds is 4. The van der Waals surface area contributed by atoms with Crippen molar-refractivity contribution in [2.24, 2.45) is 0 Å². The number of benzene rings is 1. The summed E-state index contributed by atoms with van der Waals surface area (Å²) in [6, 6.07) is 9.19. The van der Waals surface area contributed by atoms with E-state index in [9.17, 15) is 4.79 Å². The van der Waals surface area contributed by atoms with Gasteiger partial charge in [-0.2, -0.15) is 0 Å². The lowest BCUT2D eigenvalue weighted by Crippen LogP contribution is -2.10. The highest BCUT2D eigenvalue weighted by molar-refractivity contribution is 9.10. The minimum atomic E-state index is 0.00181. The summed E-state index contributed by atoms with van der Waals surface area (Å²) in [6.07, 6.45) is 0.0500. The quantitative estimate of drug-likeness (QED) is 0.772. The molecule has 0 radical (unpaired) electrons. The second-order valence-corrected chi connectivity index (χ2v) is 5.95. The van der Waals surface area contributed by atoms with Gasteiger partial charge in [-0.25, -0.2) is 0 Å². The molecule has 0 aliphatic carbocycles. The Morgan fingerprint density at radius 2 is 2.06 bits per heavy atom. The van der Waals surface area contributed by atoms with E-state index in [-0.39, 0.29) is 11.9 Å². The standard InChI is InChI=1S/C14H13BrO2S/c1-9(2)17-12-6-4-3-5-11(12)14(16)13-7-10(15)8-18-13/h3-9H,1-2H3. The van der Waals surface area contributed by atoms with Gasteiger partial charge in [0.05, 0.1) is 16.5 Å². The van der Waals surface area contributed by atoms with Crippen molar-refractivity contribution in [3.63, 3.8) is 0 Å². The van der Waals surface area contributed by atoms with Crippen molar-refractivity contribution in [3.8, 4) is 5.75 Å². The van der Waals surface area contributed by atoms with Crippen LogP contribution in [0.15, 0.2) is 40.2 Å². The fourth-order valence-corrected chi connectivity index (χ4v) is 2.96. The predicted octanol–water partition coefficient (Wildman–Crippen LogP) is 4.53. The highest BCUT2D eigenvalue weighted by Gasteiger charge is 2.16. The number of thiophene rings is 1. The summed E-state index contributed by atoms with van der Waals surface area (Å²) in [4.78, 5) is 13.1. The Labute approximate surface area is 119 Å². The van der Waals surface area contributed by atoms with Crippen molar-refractivity contribution in [1.29, 1.82) is 0 Å². The average Bonchev–Trinajstić information content (AvgIpc) is 2.75. The maximum atomic E-state index is 12.4. The Morgan fingerprint density at radius 3 is 2.67 bits per heavy atom. The van der Waals surface area contributed by atoms with Crippen LogP contribution in [0.2, 0.25) is 0 Å². The van der Waals surface area contributed by atoms with E-state index in [1.54, 1.807) is 6.07 Å². The highest BCUT2D eigenvalue weighted by atomic mass is 79.9. The predicted molar refractivity (Wildman–Crippen MR) is 77.7 cm³/mol. The third-order valence-corrected chi connectivity index (χ3v) is 3.98. The van der Waals surface area contributed by atoms with Gasteiger partial charge in [-0.05, 0) is 48.0 Å². The normalized spacial score (nSPS) is 10.7.